The number of carboxylic acid groups (broad SMARTS) is 1. The number of hydrogen-bond donors (Lipinski definition) is 1. The zero-order valence-electron chi connectivity index (χ0n) is 34.5. The maximum atomic E-state index is 13.4. The van der Waals surface area contributed by atoms with Gasteiger partial charge in [0.25, 0.3) is 10.2 Å². The molecule has 0 spiro atoms. The zero-order chi connectivity index (χ0) is 45.4. The highest BCUT2D eigenvalue weighted by atomic mass is 32.1. The van der Waals surface area contributed by atoms with Crippen molar-refractivity contribution in [2.75, 3.05) is 19.8 Å². The molecular formula is C46H42F2N2O11S2. The van der Waals surface area contributed by atoms with Gasteiger partial charge >= 0.3 is 5.97 Å². The summed E-state index contributed by atoms with van der Waals surface area (Å²) in [5, 5.41) is 31.4. The van der Waals surface area contributed by atoms with E-state index in [1.807, 2.05) is 64.1 Å². The molecule has 13 nitrogen and oxygen atoms in total. The molecule has 2 fully saturated rings. The second-order valence-electron chi connectivity index (χ2n) is 16.6. The first kappa shape index (κ1) is 44.7. The Labute approximate surface area is 367 Å². The largest absolute Gasteiger partial charge is 0.493 e. The first-order chi connectivity index (χ1) is 29.9. The lowest BCUT2D eigenvalue weighted by molar-refractivity contribution is -0.760. The third kappa shape index (κ3) is 9.39. The molecule has 2 heterocycles. The van der Waals surface area contributed by atoms with Crippen LogP contribution in [-0.4, -0.2) is 52.6 Å². The topological polar surface area (TPSA) is 185 Å². The number of ketones is 2. The van der Waals surface area contributed by atoms with E-state index in [2.05, 4.69) is 9.68 Å². The van der Waals surface area contributed by atoms with E-state index in [1.54, 1.807) is 18.2 Å². The summed E-state index contributed by atoms with van der Waals surface area (Å²) < 4.78 is 34.5. The molecule has 0 saturated heterocycles. The molecule has 2 aromatic heterocycles. The minimum atomic E-state index is -1.56. The first-order valence-electron chi connectivity index (χ1n) is 20.0. The van der Waals surface area contributed by atoms with Gasteiger partial charge in [-0.3, -0.25) is 14.4 Å². The molecule has 2 saturated carbocycles. The van der Waals surface area contributed by atoms with Crippen molar-refractivity contribution in [1.82, 2.24) is 0 Å². The number of benzene rings is 4. The van der Waals surface area contributed by atoms with E-state index in [9.17, 15) is 48.5 Å². The lowest BCUT2D eigenvalue weighted by Crippen LogP contribution is -2.26. The number of carboxylic acids is 1. The van der Waals surface area contributed by atoms with Gasteiger partial charge in [-0.2, -0.15) is 0 Å². The summed E-state index contributed by atoms with van der Waals surface area (Å²) in [7, 11) is 0. The number of rotatable bonds is 17. The molecule has 3 atom stereocenters. The molecule has 4 aromatic carbocycles. The number of fused-ring (bicyclic) bond motifs is 2. The van der Waals surface area contributed by atoms with Crippen LogP contribution in [0.2, 0.25) is 0 Å². The number of nitrogens with zero attached hydrogens (tertiary/aromatic N) is 2. The second-order valence-corrected chi connectivity index (χ2v) is 18.7. The van der Waals surface area contributed by atoms with Crippen LogP contribution in [0, 0.1) is 54.5 Å². The summed E-state index contributed by atoms with van der Waals surface area (Å²) in [5.41, 5.74) is 0.962. The number of ether oxygens (including phenoxy) is 1. The molecule has 63 heavy (non-hydrogen) atoms. The van der Waals surface area contributed by atoms with Gasteiger partial charge in [-0.15, -0.1) is 42.9 Å². The van der Waals surface area contributed by atoms with Crippen molar-refractivity contribution in [2.24, 2.45) is 22.7 Å². The van der Waals surface area contributed by atoms with Crippen LogP contribution >= 0.6 is 22.7 Å². The zero-order valence-corrected chi connectivity index (χ0v) is 36.1. The Morgan fingerprint density at radius 2 is 1.32 bits per heavy atom. The van der Waals surface area contributed by atoms with E-state index in [-0.39, 0.29) is 41.2 Å². The highest BCUT2D eigenvalue weighted by molar-refractivity contribution is 7.21. The van der Waals surface area contributed by atoms with Gasteiger partial charge < -0.3 is 19.5 Å². The van der Waals surface area contributed by atoms with E-state index >= 15 is 0 Å². The molecule has 0 aliphatic heterocycles. The van der Waals surface area contributed by atoms with Gasteiger partial charge in [-0.1, -0.05) is 64.1 Å². The van der Waals surface area contributed by atoms with E-state index in [4.69, 9.17) is 4.74 Å². The van der Waals surface area contributed by atoms with Gasteiger partial charge in [0.1, 0.15) is 36.0 Å². The second kappa shape index (κ2) is 17.8. The fourth-order valence-electron chi connectivity index (χ4n) is 7.84. The van der Waals surface area contributed by atoms with Crippen molar-refractivity contribution >= 4 is 60.4 Å². The fraction of sp³-hybridized carbons (Fsp3) is 0.326. The summed E-state index contributed by atoms with van der Waals surface area (Å²) in [6, 6.07) is 24.5. The summed E-state index contributed by atoms with van der Waals surface area (Å²) in [6.45, 7) is 7.11. The molecule has 17 heteroatoms. The molecule has 1 N–H and O–H groups in total. The van der Waals surface area contributed by atoms with Crippen LogP contribution in [0.15, 0.2) is 91.0 Å². The molecule has 328 valence electrons. The van der Waals surface area contributed by atoms with Crippen molar-refractivity contribution in [3.05, 3.63) is 144 Å². The Morgan fingerprint density at radius 3 is 1.90 bits per heavy atom. The minimum Gasteiger partial charge on any atom is -0.493 e. The smallest absolute Gasteiger partial charge is 0.312 e. The number of hydrogen-bond acceptors (Lipinski definition) is 12. The molecule has 0 amide bonds. The number of thiophene rings is 2. The summed E-state index contributed by atoms with van der Waals surface area (Å²) in [4.78, 5) is 69.2. The lowest BCUT2D eigenvalue weighted by atomic mass is 9.97. The van der Waals surface area contributed by atoms with Crippen LogP contribution < -0.4 is 4.74 Å². The van der Waals surface area contributed by atoms with Gasteiger partial charge in [0.05, 0.1) is 16.4 Å². The van der Waals surface area contributed by atoms with Gasteiger partial charge in [-0.25, -0.2) is 8.78 Å². The van der Waals surface area contributed by atoms with Crippen LogP contribution in [0.3, 0.4) is 0 Å². The van der Waals surface area contributed by atoms with Gasteiger partial charge in [-0.05, 0) is 89.5 Å². The van der Waals surface area contributed by atoms with E-state index < -0.39 is 45.8 Å². The van der Waals surface area contributed by atoms with E-state index in [0.29, 0.717) is 33.2 Å². The van der Waals surface area contributed by atoms with Crippen molar-refractivity contribution < 1.29 is 52.9 Å². The quantitative estimate of drug-likeness (QED) is 0.0521. The summed E-state index contributed by atoms with van der Waals surface area (Å²) in [6.07, 6.45) is 1.65. The predicted octanol–water partition coefficient (Wildman–Crippen LogP) is 11.0. The van der Waals surface area contributed by atoms with Crippen LogP contribution in [0.5, 0.6) is 5.75 Å². The SMILES string of the molecule is CC(C)C(=O)c1cc2ccc(C3C(c4ccc(F)cc4)C3(CO[N+](=O)[O-])C(=O)O)cc2s1.CC(C)C(=O)c1sc2cc(OCC3(CO[N+](=O)[O-])CC3)ccc2c1-c1ccc(F)cc1. The number of aliphatic carboxylic acids is 1. The van der Waals surface area contributed by atoms with E-state index in [0.717, 1.165) is 44.1 Å². The fourth-order valence-corrected chi connectivity index (χ4v) is 10.4. The Balaban J connectivity index is 0.000000189. The summed E-state index contributed by atoms with van der Waals surface area (Å²) >= 11 is 2.73. The molecule has 2 aliphatic carbocycles. The average molecular weight is 901 g/mol. The van der Waals surface area contributed by atoms with Crippen molar-refractivity contribution in [1.29, 1.82) is 0 Å². The lowest BCUT2D eigenvalue weighted by Gasteiger charge is -2.15. The maximum absolute atomic E-state index is 13.4. The third-order valence-electron chi connectivity index (χ3n) is 11.6. The van der Waals surface area contributed by atoms with Crippen molar-refractivity contribution in [3.63, 3.8) is 0 Å². The average Bonchev–Trinajstić information content (AvgIpc) is 4.07. The molecule has 3 unspecified atom stereocenters. The Bertz CT molecular complexity index is 2730. The molecule has 2 aliphatic rings. The van der Waals surface area contributed by atoms with Gasteiger partial charge in [0, 0.05) is 49.4 Å². The number of carbonyl (C=O) groups excluding carboxylic acids is 2. The van der Waals surface area contributed by atoms with Crippen molar-refractivity contribution in [3.8, 4) is 16.9 Å². The van der Waals surface area contributed by atoms with Crippen LogP contribution in [0.4, 0.5) is 8.78 Å². The third-order valence-corrected chi connectivity index (χ3v) is 13.8. The first-order valence-corrected chi connectivity index (χ1v) is 21.7. The number of Topliss-reactive ketones (excluding diaryl/α,β-unsaturated/α-hetero) is 2. The monoisotopic (exact) mass is 900 g/mol. The Morgan fingerprint density at radius 1 is 0.730 bits per heavy atom. The van der Waals surface area contributed by atoms with Crippen LogP contribution in [-0.2, 0) is 14.5 Å². The molecule has 6 aromatic rings. The predicted molar refractivity (Wildman–Crippen MR) is 232 cm³/mol. The Hall–Kier alpha value is -6.33. The van der Waals surface area contributed by atoms with Gasteiger partial charge in [0.2, 0.25) is 0 Å². The highest BCUT2D eigenvalue weighted by Gasteiger charge is 2.71. The molecule has 0 bridgehead atoms. The number of carbonyl (C=O) groups is 3. The number of halogens is 2. The molecule has 0 radical (unpaired) electrons. The van der Waals surface area contributed by atoms with Crippen molar-refractivity contribution in [2.45, 2.75) is 52.4 Å². The van der Waals surface area contributed by atoms with Crippen LogP contribution in [0.25, 0.3) is 31.3 Å². The standard InChI is InChI=1S/C23H20FNO6S.C23H22FNO5S/c1-12(2)21(26)18-9-14-3-4-15(10-17(14)32-18)20-19(13-5-7-16(24)8-6-13)23(20,22(27)28)11-31-25(29)30;1-14(2)21(26)22-20(15-3-5-16(24)6-4-15)18-8-7-17(11-19(18)31-22)29-12-23(9-10-23)13-30-25(27)28/h3-10,12,19-20H,11H2,1-2H3,(H,27,28);3-8,11,14H,9-10,12-13H2,1-2H3. The Kier molecular flexibility index (Phi) is 12.6. The van der Waals surface area contributed by atoms with Gasteiger partial charge in [0.15, 0.2) is 11.6 Å². The maximum Gasteiger partial charge on any atom is 0.312 e. The highest BCUT2D eigenvalue weighted by Crippen LogP contribution is 2.70. The van der Waals surface area contributed by atoms with E-state index in [1.165, 1.54) is 59.1 Å². The normalized spacial score (nSPS) is 18.4. The molecular weight excluding hydrogens is 859 g/mol. The minimum absolute atomic E-state index is 0.0302. The summed E-state index contributed by atoms with van der Waals surface area (Å²) in [5.74, 6) is -2.86. The van der Waals surface area contributed by atoms with Crippen LogP contribution in [0.1, 0.15) is 82.8 Å². The molecule has 8 rings (SSSR count).